The number of aromatic nitrogens is 1. The van der Waals surface area contributed by atoms with Crippen molar-refractivity contribution in [2.75, 3.05) is 39.3 Å². The number of hydrogen-bond donors (Lipinski definition) is 1. The van der Waals surface area contributed by atoms with Gasteiger partial charge in [-0.3, -0.25) is 14.5 Å². The second kappa shape index (κ2) is 9.43. The fourth-order valence-corrected chi connectivity index (χ4v) is 5.00. The number of nitrogens with zero attached hydrogens (tertiary/aromatic N) is 3. The van der Waals surface area contributed by atoms with Gasteiger partial charge in [-0.1, -0.05) is 17.7 Å². The third-order valence-corrected chi connectivity index (χ3v) is 6.99. The number of amides is 1. The lowest BCUT2D eigenvalue weighted by Gasteiger charge is -2.33. The van der Waals surface area contributed by atoms with Gasteiger partial charge in [0.25, 0.3) is 11.5 Å². The van der Waals surface area contributed by atoms with Crippen LogP contribution in [-0.2, 0) is 13.6 Å². The van der Waals surface area contributed by atoms with E-state index >= 15 is 0 Å². The van der Waals surface area contributed by atoms with Crippen molar-refractivity contribution in [3.05, 3.63) is 62.9 Å². The maximum Gasteiger partial charge on any atom is 0.265 e. The quantitative estimate of drug-likeness (QED) is 0.580. The van der Waals surface area contributed by atoms with Crippen LogP contribution in [0.15, 0.2) is 41.2 Å². The number of halogens is 1. The number of hydrogen-bond acceptors (Lipinski definition) is 6. The Bertz CT molecular complexity index is 1350. The molecule has 2 aliphatic rings. The number of benzene rings is 2. The molecule has 3 heterocycles. The van der Waals surface area contributed by atoms with Crippen molar-refractivity contribution >= 4 is 34.1 Å². The first-order chi connectivity index (χ1) is 16.8. The minimum Gasteiger partial charge on any atom is -0.454 e. The zero-order chi connectivity index (χ0) is 24.7. The number of anilines is 1. The Kier molecular flexibility index (Phi) is 6.34. The van der Waals surface area contributed by atoms with Crippen LogP contribution in [0.2, 0.25) is 5.02 Å². The summed E-state index contributed by atoms with van der Waals surface area (Å²) in [6.45, 7) is 2.90. The summed E-state index contributed by atoms with van der Waals surface area (Å²) in [6.07, 6.45) is 1.77. The lowest BCUT2D eigenvalue weighted by Crippen LogP contribution is -2.40. The van der Waals surface area contributed by atoms with Crippen LogP contribution in [0.25, 0.3) is 10.9 Å². The zero-order valence-corrected chi connectivity index (χ0v) is 20.9. The molecule has 0 atom stereocenters. The summed E-state index contributed by atoms with van der Waals surface area (Å²) < 4.78 is 12.4. The number of piperidine rings is 1. The van der Waals surface area contributed by atoms with E-state index in [1.807, 2.05) is 24.3 Å². The largest absolute Gasteiger partial charge is 0.454 e. The predicted molar refractivity (Wildman–Crippen MR) is 137 cm³/mol. The van der Waals surface area contributed by atoms with Crippen LogP contribution in [0, 0.1) is 0 Å². The summed E-state index contributed by atoms with van der Waals surface area (Å²) in [7, 11) is 4.99. The number of rotatable bonds is 5. The van der Waals surface area contributed by atoms with Gasteiger partial charge in [0.05, 0.1) is 11.2 Å². The first kappa shape index (κ1) is 23.5. The van der Waals surface area contributed by atoms with E-state index in [9.17, 15) is 9.59 Å². The fourth-order valence-electron chi connectivity index (χ4n) is 4.83. The van der Waals surface area contributed by atoms with Crippen molar-refractivity contribution in [2.45, 2.75) is 25.4 Å². The van der Waals surface area contributed by atoms with Crippen LogP contribution in [0.1, 0.15) is 28.8 Å². The molecule has 8 nitrogen and oxygen atoms in total. The lowest BCUT2D eigenvalue weighted by molar-refractivity contribution is 0.0826. The van der Waals surface area contributed by atoms with Gasteiger partial charge in [0, 0.05) is 57.2 Å². The summed E-state index contributed by atoms with van der Waals surface area (Å²) in [5.41, 5.74) is 2.32. The number of nitrogens with one attached hydrogen (secondary N) is 1. The van der Waals surface area contributed by atoms with E-state index in [1.165, 1.54) is 15.0 Å². The van der Waals surface area contributed by atoms with E-state index in [2.05, 4.69) is 16.3 Å². The molecule has 0 spiro atoms. The van der Waals surface area contributed by atoms with Gasteiger partial charge in [0.2, 0.25) is 6.79 Å². The number of aryl methyl sites for hydroxylation is 1. The second-order valence-electron chi connectivity index (χ2n) is 9.36. The Hall–Kier alpha value is -3.23. The molecule has 2 aromatic carbocycles. The minimum atomic E-state index is -0.324. The molecule has 1 saturated heterocycles. The van der Waals surface area contributed by atoms with Crippen molar-refractivity contribution in [1.29, 1.82) is 0 Å². The highest BCUT2D eigenvalue weighted by Gasteiger charge is 2.27. The van der Waals surface area contributed by atoms with Gasteiger partial charge in [-0.15, -0.1) is 0 Å². The highest BCUT2D eigenvalue weighted by Crippen LogP contribution is 2.34. The van der Waals surface area contributed by atoms with E-state index in [0.717, 1.165) is 54.9 Å². The molecular weight excluding hydrogens is 468 g/mol. The first-order valence-electron chi connectivity index (χ1n) is 11.7. The van der Waals surface area contributed by atoms with Gasteiger partial charge in [0.1, 0.15) is 5.56 Å². The molecule has 2 aliphatic heterocycles. The van der Waals surface area contributed by atoms with Crippen molar-refractivity contribution in [3.8, 4) is 11.5 Å². The van der Waals surface area contributed by atoms with E-state index in [0.29, 0.717) is 10.7 Å². The SMILES string of the molecule is CN(C)C(=O)c1c(NC2CCN(Cc3ccc4c(c3)OCO4)CC2)c2cc(Cl)ccc2n(C)c1=O. The molecule has 0 aliphatic carbocycles. The zero-order valence-electron chi connectivity index (χ0n) is 20.1. The summed E-state index contributed by atoms with van der Waals surface area (Å²) in [4.78, 5) is 30.1. The number of carbonyl (C=O) groups is 1. The molecule has 1 aromatic heterocycles. The first-order valence-corrected chi connectivity index (χ1v) is 12.1. The molecule has 184 valence electrons. The van der Waals surface area contributed by atoms with Crippen molar-refractivity contribution in [1.82, 2.24) is 14.4 Å². The molecule has 35 heavy (non-hydrogen) atoms. The average Bonchev–Trinajstić information content (AvgIpc) is 3.31. The average molecular weight is 497 g/mol. The summed E-state index contributed by atoms with van der Waals surface area (Å²) >= 11 is 6.32. The number of ether oxygens (including phenoxy) is 2. The molecule has 1 amide bonds. The molecule has 5 rings (SSSR count). The van der Waals surface area contributed by atoms with Crippen LogP contribution in [-0.4, -0.2) is 60.3 Å². The Morgan fingerprint density at radius 3 is 2.60 bits per heavy atom. The van der Waals surface area contributed by atoms with Crippen molar-refractivity contribution in [2.24, 2.45) is 7.05 Å². The smallest absolute Gasteiger partial charge is 0.265 e. The summed E-state index contributed by atoms with van der Waals surface area (Å²) in [6, 6.07) is 11.6. The molecule has 1 fully saturated rings. The van der Waals surface area contributed by atoms with Crippen molar-refractivity contribution < 1.29 is 14.3 Å². The van der Waals surface area contributed by atoms with Crippen LogP contribution in [0.5, 0.6) is 11.5 Å². The number of likely N-dealkylation sites (tertiary alicyclic amines) is 1. The highest BCUT2D eigenvalue weighted by atomic mass is 35.5. The Balaban J connectivity index is 1.37. The summed E-state index contributed by atoms with van der Waals surface area (Å²) in [5.74, 6) is 1.27. The van der Waals surface area contributed by atoms with Crippen molar-refractivity contribution in [3.63, 3.8) is 0 Å². The Morgan fingerprint density at radius 1 is 1.11 bits per heavy atom. The molecule has 0 saturated carbocycles. The predicted octanol–water partition coefficient (Wildman–Crippen LogP) is 3.70. The normalized spacial score (nSPS) is 16.0. The van der Waals surface area contributed by atoms with Gasteiger partial charge < -0.3 is 24.3 Å². The Morgan fingerprint density at radius 2 is 1.86 bits per heavy atom. The molecule has 1 N–H and O–H groups in total. The van der Waals surface area contributed by atoms with Gasteiger partial charge >= 0.3 is 0 Å². The van der Waals surface area contributed by atoms with E-state index < -0.39 is 0 Å². The third-order valence-electron chi connectivity index (χ3n) is 6.76. The molecule has 0 radical (unpaired) electrons. The number of carbonyl (C=O) groups excluding carboxylic acids is 1. The topological polar surface area (TPSA) is 76.0 Å². The Labute approximate surface area is 209 Å². The molecule has 9 heteroatoms. The molecule has 0 bridgehead atoms. The van der Waals surface area contributed by atoms with Gasteiger partial charge in [0.15, 0.2) is 11.5 Å². The standard InChI is InChI=1S/C26H29ClN4O4/c1-29(2)25(32)23-24(19-13-17(27)5-6-20(19)30(3)26(23)33)28-18-8-10-31(11-9-18)14-16-4-7-21-22(12-16)35-15-34-21/h4-7,12-13,18,28H,8-11,14-15H2,1-3H3. The van der Waals surface area contributed by atoms with Gasteiger partial charge in [-0.05, 0) is 48.7 Å². The minimum absolute atomic E-state index is 0.131. The monoisotopic (exact) mass is 496 g/mol. The number of pyridine rings is 1. The highest BCUT2D eigenvalue weighted by molar-refractivity contribution is 6.31. The van der Waals surface area contributed by atoms with E-state index in [-0.39, 0.29) is 29.9 Å². The van der Waals surface area contributed by atoms with E-state index in [4.69, 9.17) is 21.1 Å². The third kappa shape index (κ3) is 4.56. The number of fused-ring (bicyclic) bond motifs is 2. The van der Waals surface area contributed by atoms with Crippen LogP contribution >= 0.6 is 11.6 Å². The van der Waals surface area contributed by atoms with Gasteiger partial charge in [-0.2, -0.15) is 0 Å². The van der Waals surface area contributed by atoms with Crippen LogP contribution in [0.4, 0.5) is 5.69 Å². The van der Waals surface area contributed by atoms with Crippen LogP contribution in [0.3, 0.4) is 0 Å². The fraction of sp³-hybridized carbons (Fsp3) is 0.385. The molecule has 3 aromatic rings. The maximum absolute atomic E-state index is 13.2. The lowest BCUT2D eigenvalue weighted by atomic mass is 10.0. The second-order valence-corrected chi connectivity index (χ2v) is 9.79. The molecule has 0 unspecified atom stereocenters. The summed E-state index contributed by atoms with van der Waals surface area (Å²) in [5, 5.41) is 4.89. The van der Waals surface area contributed by atoms with Crippen LogP contribution < -0.4 is 20.3 Å². The molecular formula is C26H29ClN4O4. The maximum atomic E-state index is 13.2. The van der Waals surface area contributed by atoms with E-state index in [1.54, 1.807) is 27.2 Å². The van der Waals surface area contributed by atoms with Gasteiger partial charge in [-0.25, -0.2) is 0 Å².